The minimum absolute atomic E-state index is 0.00729. The molecule has 0 spiro atoms. The molecule has 2 heterocycles. The predicted octanol–water partition coefficient (Wildman–Crippen LogP) is 3.75. The lowest BCUT2D eigenvalue weighted by Crippen LogP contribution is -2.43. The van der Waals surface area contributed by atoms with Crippen LogP contribution in [0.1, 0.15) is 88.0 Å². The monoisotopic (exact) mass is 386 g/mol. The SMILES string of the molecule is Cc1nn(C(C)(C)C)c2nc(C3CC3)cc(C(=O)NC(C)(C)CCC(=O)O)c12. The van der Waals surface area contributed by atoms with Gasteiger partial charge in [-0.1, -0.05) is 0 Å². The zero-order valence-corrected chi connectivity index (χ0v) is 17.6. The van der Waals surface area contributed by atoms with E-state index in [1.165, 1.54) is 0 Å². The molecule has 28 heavy (non-hydrogen) atoms. The lowest BCUT2D eigenvalue weighted by molar-refractivity contribution is -0.137. The van der Waals surface area contributed by atoms with Crippen LogP contribution in [0.15, 0.2) is 6.07 Å². The van der Waals surface area contributed by atoms with Crippen LogP contribution in [0.3, 0.4) is 0 Å². The molecule has 7 nitrogen and oxygen atoms in total. The van der Waals surface area contributed by atoms with Crippen LogP contribution in [0.5, 0.6) is 0 Å². The van der Waals surface area contributed by atoms with Crippen molar-refractivity contribution in [2.75, 3.05) is 0 Å². The van der Waals surface area contributed by atoms with Crippen LogP contribution >= 0.6 is 0 Å². The van der Waals surface area contributed by atoms with E-state index in [0.717, 1.165) is 35.3 Å². The number of aromatic nitrogens is 3. The van der Waals surface area contributed by atoms with Gasteiger partial charge in [0.25, 0.3) is 5.91 Å². The average Bonchev–Trinajstić information content (AvgIpc) is 3.35. The third-order valence-corrected chi connectivity index (χ3v) is 5.12. The van der Waals surface area contributed by atoms with E-state index in [0.29, 0.717) is 17.9 Å². The zero-order valence-electron chi connectivity index (χ0n) is 17.6. The Labute approximate surface area is 165 Å². The van der Waals surface area contributed by atoms with Crippen molar-refractivity contribution in [3.8, 4) is 0 Å². The number of aliphatic carboxylic acids is 1. The van der Waals surface area contributed by atoms with Crippen LogP contribution in [-0.4, -0.2) is 37.3 Å². The van der Waals surface area contributed by atoms with Gasteiger partial charge in [-0.05, 0) is 66.9 Å². The van der Waals surface area contributed by atoms with Crippen LogP contribution in [0, 0.1) is 6.92 Å². The van der Waals surface area contributed by atoms with E-state index < -0.39 is 11.5 Å². The molecule has 1 amide bonds. The number of nitrogens with one attached hydrogen (secondary N) is 1. The van der Waals surface area contributed by atoms with E-state index in [4.69, 9.17) is 10.1 Å². The Kier molecular flexibility index (Phi) is 4.98. The van der Waals surface area contributed by atoms with E-state index in [2.05, 4.69) is 31.2 Å². The van der Waals surface area contributed by atoms with Gasteiger partial charge in [0, 0.05) is 23.6 Å². The van der Waals surface area contributed by atoms with Crippen molar-refractivity contribution >= 4 is 22.9 Å². The molecule has 0 saturated heterocycles. The number of nitrogens with zero attached hydrogens (tertiary/aromatic N) is 3. The highest BCUT2D eigenvalue weighted by Gasteiger charge is 2.31. The Bertz CT molecular complexity index is 933. The number of aryl methyl sites for hydroxylation is 1. The molecular weight excluding hydrogens is 356 g/mol. The fourth-order valence-electron chi connectivity index (χ4n) is 3.40. The molecule has 1 fully saturated rings. The van der Waals surface area contributed by atoms with Crippen LogP contribution in [0.25, 0.3) is 11.0 Å². The Morgan fingerprint density at radius 3 is 2.43 bits per heavy atom. The largest absolute Gasteiger partial charge is 0.481 e. The summed E-state index contributed by atoms with van der Waals surface area (Å²) in [5, 5.41) is 17.4. The maximum atomic E-state index is 13.2. The minimum atomic E-state index is -0.869. The van der Waals surface area contributed by atoms with Gasteiger partial charge in [0.05, 0.1) is 22.2 Å². The number of hydrogen-bond acceptors (Lipinski definition) is 4. The lowest BCUT2D eigenvalue weighted by atomic mass is 9.97. The van der Waals surface area contributed by atoms with Crippen molar-refractivity contribution in [3.05, 3.63) is 23.0 Å². The fraction of sp³-hybridized carbons (Fsp3) is 0.619. The molecule has 1 aliphatic carbocycles. The number of carboxylic acid groups (broad SMARTS) is 1. The zero-order chi connectivity index (χ0) is 20.9. The minimum Gasteiger partial charge on any atom is -0.481 e. The second-order valence-electron chi connectivity index (χ2n) is 9.47. The highest BCUT2D eigenvalue weighted by molar-refractivity contribution is 6.07. The molecule has 0 aromatic carbocycles. The third-order valence-electron chi connectivity index (χ3n) is 5.12. The van der Waals surface area contributed by atoms with Gasteiger partial charge in [0.2, 0.25) is 0 Å². The van der Waals surface area contributed by atoms with Gasteiger partial charge in [0.1, 0.15) is 0 Å². The number of hydrogen-bond donors (Lipinski definition) is 2. The van der Waals surface area contributed by atoms with E-state index in [9.17, 15) is 9.59 Å². The molecule has 2 N–H and O–H groups in total. The summed E-state index contributed by atoms with van der Waals surface area (Å²) in [5.74, 6) is -0.673. The van der Waals surface area contributed by atoms with Crippen LogP contribution in [0.2, 0.25) is 0 Å². The van der Waals surface area contributed by atoms with Crippen LogP contribution in [-0.2, 0) is 10.3 Å². The number of fused-ring (bicyclic) bond motifs is 1. The molecule has 7 heteroatoms. The van der Waals surface area contributed by atoms with E-state index >= 15 is 0 Å². The molecule has 1 aliphatic rings. The lowest BCUT2D eigenvalue weighted by Gasteiger charge is -2.26. The van der Waals surface area contributed by atoms with E-state index in [1.54, 1.807) is 0 Å². The molecule has 0 radical (unpaired) electrons. The molecule has 0 bridgehead atoms. The molecule has 0 unspecified atom stereocenters. The average molecular weight is 386 g/mol. The van der Waals surface area contributed by atoms with Gasteiger partial charge in [-0.25, -0.2) is 9.67 Å². The van der Waals surface area contributed by atoms with Gasteiger partial charge in [-0.15, -0.1) is 0 Å². The van der Waals surface area contributed by atoms with Gasteiger partial charge < -0.3 is 10.4 Å². The smallest absolute Gasteiger partial charge is 0.303 e. The molecule has 2 aromatic rings. The van der Waals surface area contributed by atoms with Crippen molar-refractivity contribution in [2.24, 2.45) is 0 Å². The molecule has 3 rings (SSSR count). The molecule has 1 saturated carbocycles. The number of rotatable bonds is 6. The second-order valence-corrected chi connectivity index (χ2v) is 9.47. The van der Waals surface area contributed by atoms with Gasteiger partial charge >= 0.3 is 5.97 Å². The summed E-state index contributed by atoms with van der Waals surface area (Å²) >= 11 is 0. The summed E-state index contributed by atoms with van der Waals surface area (Å²) in [4.78, 5) is 29.0. The molecular formula is C21H30N4O3. The van der Waals surface area contributed by atoms with Crippen molar-refractivity contribution < 1.29 is 14.7 Å². The summed E-state index contributed by atoms with van der Waals surface area (Å²) in [6.45, 7) is 11.8. The standard InChI is InChI=1S/C21H30N4O3/c1-12-17-14(19(28)23-21(5,6)10-9-16(26)27)11-15(13-7-8-13)22-18(17)25(24-12)20(2,3)4/h11,13H,7-10H2,1-6H3,(H,23,28)(H,26,27). The fourth-order valence-corrected chi connectivity index (χ4v) is 3.40. The van der Waals surface area contributed by atoms with Crippen molar-refractivity contribution in [1.82, 2.24) is 20.1 Å². The molecule has 0 atom stereocenters. The first kappa shape index (κ1) is 20.3. The van der Waals surface area contributed by atoms with Crippen molar-refractivity contribution in [3.63, 3.8) is 0 Å². The molecule has 2 aromatic heterocycles. The van der Waals surface area contributed by atoms with Crippen molar-refractivity contribution in [1.29, 1.82) is 0 Å². The van der Waals surface area contributed by atoms with Gasteiger partial charge in [0.15, 0.2) is 5.65 Å². The summed E-state index contributed by atoms with van der Waals surface area (Å²) in [7, 11) is 0. The third kappa shape index (κ3) is 4.18. The number of amides is 1. The van der Waals surface area contributed by atoms with Gasteiger partial charge in [-0.2, -0.15) is 5.10 Å². The Balaban J connectivity index is 2.05. The highest BCUT2D eigenvalue weighted by Crippen LogP contribution is 2.41. The Morgan fingerprint density at radius 2 is 1.89 bits per heavy atom. The maximum Gasteiger partial charge on any atom is 0.303 e. The first-order chi connectivity index (χ1) is 12.9. The summed E-state index contributed by atoms with van der Waals surface area (Å²) < 4.78 is 1.90. The molecule has 152 valence electrons. The summed E-state index contributed by atoms with van der Waals surface area (Å²) in [5.41, 5.74) is 2.14. The number of carbonyl (C=O) groups excluding carboxylic acids is 1. The Morgan fingerprint density at radius 1 is 1.25 bits per heavy atom. The first-order valence-electron chi connectivity index (χ1n) is 9.84. The normalized spacial score (nSPS) is 15.1. The second kappa shape index (κ2) is 6.87. The van der Waals surface area contributed by atoms with Crippen LogP contribution in [0.4, 0.5) is 0 Å². The summed E-state index contributed by atoms with van der Waals surface area (Å²) in [6, 6.07) is 1.89. The maximum absolute atomic E-state index is 13.2. The first-order valence-corrected chi connectivity index (χ1v) is 9.84. The summed E-state index contributed by atoms with van der Waals surface area (Å²) in [6.07, 6.45) is 2.55. The van der Waals surface area contributed by atoms with E-state index in [-0.39, 0.29) is 17.9 Å². The predicted molar refractivity (Wildman–Crippen MR) is 108 cm³/mol. The number of carboxylic acids is 1. The van der Waals surface area contributed by atoms with Gasteiger partial charge in [-0.3, -0.25) is 9.59 Å². The van der Waals surface area contributed by atoms with E-state index in [1.807, 2.05) is 31.5 Å². The van der Waals surface area contributed by atoms with Crippen LogP contribution < -0.4 is 5.32 Å². The molecule has 0 aliphatic heterocycles. The van der Waals surface area contributed by atoms with Crippen molar-refractivity contribution in [2.45, 2.75) is 84.2 Å². The topological polar surface area (TPSA) is 97.1 Å². The number of carbonyl (C=O) groups is 2. The highest BCUT2D eigenvalue weighted by atomic mass is 16.4. The number of pyridine rings is 1. The quantitative estimate of drug-likeness (QED) is 0.788. The Hall–Kier alpha value is -2.44.